The fourth-order valence-electron chi connectivity index (χ4n) is 3.44. The van der Waals surface area contributed by atoms with Gasteiger partial charge in [-0.2, -0.15) is 10.1 Å². The quantitative estimate of drug-likeness (QED) is 0.743. The first-order valence-electron chi connectivity index (χ1n) is 8.17. The Labute approximate surface area is 140 Å². The Hall–Kier alpha value is -2.67. The Balaban J connectivity index is 1.89. The molecule has 24 heavy (non-hydrogen) atoms. The second-order valence-corrected chi connectivity index (χ2v) is 6.24. The molecule has 3 heterocycles. The molecule has 0 unspecified atom stereocenters. The third-order valence-corrected chi connectivity index (χ3v) is 4.75. The fraction of sp³-hybridized carbons (Fsp3) is 0.353. The zero-order chi connectivity index (χ0) is 16.8. The van der Waals surface area contributed by atoms with Crippen molar-refractivity contribution in [2.75, 3.05) is 24.6 Å². The maximum Gasteiger partial charge on any atom is 0.222 e. The van der Waals surface area contributed by atoms with E-state index in [9.17, 15) is 0 Å². The van der Waals surface area contributed by atoms with Gasteiger partial charge in [0.25, 0.3) is 0 Å². The van der Waals surface area contributed by atoms with Crippen molar-refractivity contribution in [3.8, 4) is 11.3 Å². The first-order chi connectivity index (χ1) is 11.6. The Morgan fingerprint density at radius 3 is 2.79 bits per heavy atom. The van der Waals surface area contributed by atoms with Gasteiger partial charge in [-0.05, 0) is 30.2 Å². The molecule has 7 nitrogen and oxygen atoms in total. The maximum absolute atomic E-state index is 6.09. The Bertz CT molecular complexity index is 928. The molecule has 3 aromatic rings. The largest absolute Gasteiger partial charge is 0.382 e. The number of rotatable bonds is 2. The van der Waals surface area contributed by atoms with Crippen molar-refractivity contribution in [2.45, 2.75) is 19.9 Å². The number of anilines is 2. The topological polar surface area (TPSA) is 98.9 Å². The van der Waals surface area contributed by atoms with Crippen molar-refractivity contribution in [2.24, 2.45) is 7.05 Å². The standard InChI is InChI=1S/C17H21N7/c1-3-24-7-6-10-4-5-11(8-12(10)9-24)14-13-15(18)22-23(2)16(13)21-17(19)20-14/h4-5,8H,3,6-7,9H2,1-2H3,(H2,18,22)(H2,19,20,21). The van der Waals surface area contributed by atoms with Crippen LogP contribution in [0.2, 0.25) is 0 Å². The van der Waals surface area contributed by atoms with Crippen LogP contribution in [-0.4, -0.2) is 37.7 Å². The molecule has 0 saturated carbocycles. The molecule has 0 spiro atoms. The zero-order valence-corrected chi connectivity index (χ0v) is 14.0. The minimum atomic E-state index is 0.230. The lowest BCUT2D eigenvalue weighted by Crippen LogP contribution is -2.30. The minimum absolute atomic E-state index is 0.230. The number of nitrogen functional groups attached to an aromatic ring is 2. The summed E-state index contributed by atoms with van der Waals surface area (Å²) in [6, 6.07) is 6.48. The van der Waals surface area contributed by atoms with Crippen LogP contribution in [0.5, 0.6) is 0 Å². The molecule has 0 aliphatic carbocycles. The van der Waals surface area contributed by atoms with Gasteiger partial charge in [0.05, 0.1) is 11.1 Å². The van der Waals surface area contributed by atoms with Crippen LogP contribution in [-0.2, 0) is 20.0 Å². The lowest BCUT2D eigenvalue weighted by molar-refractivity contribution is 0.268. The summed E-state index contributed by atoms with van der Waals surface area (Å²) in [7, 11) is 1.81. The van der Waals surface area contributed by atoms with Crippen molar-refractivity contribution in [1.29, 1.82) is 0 Å². The smallest absolute Gasteiger partial charge is 0.222 e. The Kier molecular flexibility index (Phi) is 3.38. The summed E-state index contributed by atoms with van der Waals surface area (Å²) >= 11 is 0. The van der Waals surface area contributed by atoms with Crippen LogP contribution in [0.1, 0.15) is 18.1 Å². The molecule has 0 radical (unpaired) electrons. The molecule has 0 atom stereocenters. The predicted molar refractivity (Wildman–Crippen MR) is 95.2 cm³/mol. The van der Waals surface area contributed by atoms with E-state index in [0.29, 0.717) is 11.5 Å². The fourth-order valence-corrected chi connectivity index (χ4v) is 3.44. The molecular formula is C17H21N7. The normalized spacial score (nSPS) is 14.9. The van der Waals surface area contributed by atoms with Gasteiger partial charge in [-0.1, -0.05) is 19.1 Å². The van der Waals surface area contributed by atoms with Crippen LogP contribution in [0.3, 0.4) is 0 Å². The summed E-state index contributed by atoms with van der Waals surface area (Å²) in [5.74, 6) is 0.656. The van der Waals surface area contributed by atoms with Gasteiger partial charge in [0.15, 0.2) is 11.5 Å². The Morgan fingerprint density at radius 2 is 2.00 bits per heavy atom. The Morgan fingerprint density at radius 1 is 1.17 bits per heavy atom. The van der Waals surface area contributed by atoms with Gasteiger partial charge in [0.1, 0.15) is 0 Å². The molecule has 0 fully saturated rings. The van der Waals surface area contributed by atoms with Crippen LogP contribution >= 0.6 is 0 Å². The lowest BCUT2D eigenvalue weighted by Gasteiger charge is -2.27. The van der Waals surface area contributed by atoms with E-state index in [-0.39, 0.29) is 5.95 Å². The molecule has 0 saturated heterocycles. The van der Waals surface area contributed by atoms with Crippen molar-refractivity contribution < 1.29 is 0 Å². The molecule has 2 aromatic heterocycles. The van der Waals surface area contributed by atoms with E-state index in [4.69, 9.17) is 11.5 Å². The highest BCUT2D eigenvalue weighted by Gasteiger charge is 2.19. The highest BCUT2D eigenvalue weighted by Crippen LogP contribution is 2.32. The average molecular weight is 323 g/mol. The summed E-state index contributed by atoms with van der Waals surface area (Å²) in [6.07, 6.45) is 1.08. The van der Waals surface area contributed by atoms with Crippen LogP contribution in [0, 0.1) is 0 Å². The summed E-state index contributed by atoms with van der Waals surface area (Å²) in [4.78, 5) is 11.2. The highest BCUT2D eigenvalue weighted by atomic mass is 15.3. The second-order valence-electron chi connectivity index (χ2n) is 6.24. The molecule has 1 aliphatic rings. The summed E-state index contributed by atoms with van der Waals surface area (Å²) in [5, 5.41) is 5.02. The molecule has 4 N–H and O–H groups in total. The maximum atomic E-state index is 6.09. The van der Waals surface area contributed by atoms with E-state index in [0.717, 1.165) is 42.7 Å². The van der Waals surface area contributed by atoms with Gasteiger partial charge in [-0.3, -0.25) is 4.90 Å². The third kappa shape index (κ3) is 2.28. The van der Waals surface area contributed by atoms with E-state index in [1.54, 1.807) is 11.7 Å². The molecule has 7 heteroatoms. The number of aromatic nitrogens is 4. The van der Waals surface area contributed by atoms with Gasteiger partial charge in [-0.15, -0.1) is 0 Å². The van der Waals surface area contributed by atoms with E-state index in [2.05, 4.69) is 45.1 Å². The average Bonchev–Trinajstić information content (AvgIpc) is 2.87. The summed E-state index contributed by atoms with van der Waals surface area (Å²) < 4.78 is 1.64. The molecule has 1 aliphatic heterocycles. The number of fused-ring (bicyclic) bond motifs is 2. The molecule has 4 rings (SSSR count). The number of benzene rings is 1. The number of hydrogen-bond acceptors (Lipinski definition) is 6. The van der Waals surface area contributed by atoms with E-state index in [1.807, 2.05) is 0 Å². The van der Waals surface area contributed by atoms with E-state index >= 15 is 0 Å². The molecule has 0 bridgehead atoms. The van der Waals surface area contributed by atoms with Crippen molar-refractivity contribution in [3.63, 3.8) is 0 Å². The summed E-state index contributed by atoms with van der Waals surface area (Å²) in [5.41, 5.74) is 17.1. The van der Waals surface area contributed by atoms with Gasteiger partial charge in [0.2, 0.25) is 5.95 Å². The lowest BCUT2D eigenvalue weighted by atomic mass is 9.95. The molecule has 1 aromatic carbocycles. The van der Waals surface area contributed by atoms with Gasteiger partial charge in [0, 0.05) is 25.7 Å². The van der Waals surface area contributed by atoms with E-state index < -0.39 is 0 Å². The van der Waals surface area contributed by atoms with Crippen molar-refractivity contribution >= 4 is 22.8 Å². The number of nitrogens with zero attached hydrogens (tertiary/aromatic N) is 5. The van der Waals surface area contributed by atoms with Crippen LogP contribution < -0.4 is 11.5 Å². The SMILES string of the molecule is CCN1CCc2ccc(-c3nc(N)nc4c3c(N)nn4C)cc2C1. The number of nitrogens with two attached hydrogens (primary N) is 2. The zero-order valence-electron chi connectivity index (χ0n) is 14.0. The first kappa shape index (κ1) is 14.9. The number of hydrogen-bond donors (Lipinski definition) is 2. The number of aryl methyl sites for hydroxylation is 1. The number of likely N-dealkylation sites (N-methyl/N-ethyl adjacent to an activating group) is 1. The van der Waals surface area contributed by atoms with Crippen molar-refractivity contribution in [1.82, 2.24) is 24.6 Å². The summed E-state index contributed by atoms with van der Waals surface area (Å²) in [6.45, 7) is 5.33. The molecule has 0 amide bonds. The van der Waals surface area contributed by atoms with E-state index in [1.165, 1.54) is 11.1 Å². The van der Waals surface area contributed by atoms with Gasteiger partial charge in [-0.25, -0.2) is 9.67 Å². The monoisotopic (exact) mass is 323 g/mol. The van der Waals surface area contributed by atoms with Crippen molar-refractivity contribution in [3.05, 3.63) is 29.3 Å². The van der Waals surface area contributed by atoms with Crippen LogP contribution in [0.15, 0.2) is 18.2 Å². The van der Waals surface area contributed by atoms with Crippen LogP contribution in [0.4, 0.5) is 11.8 Å². The first-order valence-corrected chi connectivity index (χ1v) is 8.17. The van der Waals surface area contributed by atoms with Crippen LogP contribution in [0.25, 0.3) is 22.3 Å². The molecular weight excluding hydrogens is 302 g/mol. The predicted octanol–water partition coefficient (Wildman–Crippen LogP) is 1.57. The molecule has 124 valence electrons. The second kappa shape index (κ2) is 5.45. The highest BCUT2D eigenvalue weighted by molar-refractivity contribution is 5.98. The van der Waals surface area contributed by atoms with Gasteiger partial charge >= 0.3 is 0 Å². The van der Waals surface area contributed by atoms with Gasteiger partial charge < -0.3 is 11.5 Å². The minimum Gasteiger partial charge on any atom is -0.382 e. The third-order valence-electron chi connectivity index (χ3n) is 4.75.